The minimum atomic E-state index is -4.03. The van der Waals surface area contributed by atoms with Crippen molar-refractivity contribution in [1.82, 2.24) is 0 Å². The van der Waals surface area contributed by atoms with Crippen LogP contribution in [0.3, 0.4) is 0 Å². The van der Waals surface area contributed by atoms with E-state index < -0.39 is 12.6 Å². The van der Waals surface area contributed by atoms with E-state index >= 15 is 0 Å². The van der Waals surface area contributed by atoms with Crippen LogP contribution in [0.1, 0.15) is 6.42 Å². The van der Waals surface area contributed by atoms with E-state index in [-0.39, 0.29) is 21.6 Å². The van der Waals surface area contributed by atoms with E-state index in [9.17, 15) is 13.2 Å². The summed E-state index contributed by atoms with van der Waals surface area (Å²) in [6.45, 7) is 0. The van der Waals surface area contributed by atoms with Crippen molar-refractivity contribution in [2.24, 2.45) is 0 Å². The summed E-state index contributed by atoms with van der Waals surface area (Å²) in [5.74, 6) is 0. The summed E-state index contributed by atoms with van der Waals surface area (Å²) >= 11 is 5.13. The van der Waals surface area contributed by atoms with Crippen LogP contribution in [0.5, 0.6) is 0 Å². The molecule has 0 heterocycles. The summed E-state index contributed by atoms with van der Waals surface area (Å²) < 4.78 is 39.2. The van der Waals surface area contributed by atoms with Gasteiger partial charge in [0.15, 0.2) is 0 Å². The van der Waals surface area contributed by atoms with Gasteiger partial charge in [0, 0.05) is 12.7 Å². The first-order chi connectivity index (χ1) is 5.06. The first kappa shape index (κ1) is 11.3. The van der Waals surface area contributed by atoms with Gasteiger partial charge in [-0.25, -0.2) is 0 Å². The molecule has 0 aromatic heterocycles. The summed E-state index contributed by atoms with van der Waals surface area (Å²) in [4.78, 5) is 0. The molecule has 0 N–H and O–H groups in total. The fourth-order valence-electron chi connectivity index (χ4n) is 0.413. The van der Waals surface area contributed by atoms with Gasteiger partial charge in [-0.2, -0.15) is 13.2 Å². The monoisotopic (exact) mass is 204 g/mol. The second kappa shape index (κ2) is 5.85. The highest BCUT2D eigenvalue weighted by atomic mass is 35.5. The average Bonchev–Trinajstić information content (AvgIpc) is 1.85. The van der Waals surface area contributed by atoms with Crippen molar-refractivity contribution in [3.05, 3.63) is 0 Å². The molecule has 0 aromatic carbocycles. The van der Waals surface area contributed by atoms with Crippen molar-refractivity contribution in [3.63, 3.8) is 0 Å². The summed E-state index contributed by atoms with van der Waals surface area (Å²) in [7, 11) is 0.186. The van der Waals surface area contributed by atoms with Crippen molar-refractivity contribution in [2.45, 2.75) is 18.6 Å². The predicted octanol–water partition coefficient (Wildman–Crippen LogP) is 2.23. The number of hydrogen-bond acceptors (Lipinski definition) is 1. The Morgan fingerprint density at radius 1 is 1.36 bits per heavy atom. The Labute approximate surface area is 70.7 Å². The zero-order valence-corrected chi connectivity index (χ0v) is 7.50. The molecule has 2 radical (unpaired) electrons. The first-order valence-corrected chi connectivity index (χ1v) is 4.92. The van der Waals surface area contributed by atoms with Crippen LogP contribution in [0, 0.1) is 0 Å². The van der Waals surface area contributed by atoms with E-state index in [0.717, 1.165) is 0 Å². The van der Waals surface area contributed by atoms with Crippen LogP contribution in [-0.4, -0.2) is 28.0 Å². The van der Waals surface area contributed by atoms with Crippen molar-refractivity contribution in [3.8, 4) is 0 Å². The average molecular weight is 205 g/mol. The Hall–Kier alpha value is 0.257. The van der Waals surface area contributed by atoms with E-state index in [1.165, 1.54) is 0 Å². The fourth-order valence-corrected chi connectivity index (χ4v) is 1.47. The van der Waals surface area contributed by atoms with Gasteiger partial charge in [0.05, 0.1) is 9.52 Å². The Morgan fingerprint density at radius 2 is 2.00 bits per heavy atom. The Kier molecular flexibility index (Phi) is 5.99. The molecule has 0 fully saturated rings. The minimum Gasteiger partial charge on any atom is -0.370 e. The zero-order chi connectivity index (χ0) is 8.74. The quantitative estimate of drug-likeness (QED) is 0.379. The molecule has 0 aliphatic rings. The maximum Gasteiger partial charge on any atom is 0.388 e. The minimum absolute atomic E-state index is 0.0546. The number of halogens is 4. The van der Waals surface area contributed by atoms with E-state index in [2.05, 4.69) is 4.74 Å². The van der Waals surface area contributed by atoms with Gasteiger partial charge < -0.3 is 4.74 Å². The van der Waals surface area contributed by atoms with Crippen LogP contribution in [-0.2, 0) is 4.74 Å². The highest BCUT2D eigenvalue weighted by Crippen LogP contribution is 2.20. The van der Waals surface area contributed by atoms with Gasteiger partial charge in [0.25, 0.3) is 0 Å². The largest absolute Gasteiger partial charge is 0.388 e. The molecule has 0 amide bonds. The second-order valence-electron chi connectivity index (χ2n) is 1.82. The van der Waals surface area contributed by atoms with Gasteiger partial charge >= 0.3 is 6.18 Å². The Bertz CT molecular complexity index is 98.2. The summed E-state index contributed by atoms with van der Waals surface area (Å²) in [5.41, 5.74) is 0. The normalized spacial score (nSPS) is 12.0. The van der Waals surface area contributed by atoms with Gasteiger partial charge in [0.2, 0.25) is 0 Å². The summed E-state index contributed by atoms with van der Waals surface area (Å²) in [6.07, 6.45) is -4.43. The van der Waals surface area contributed by atoms with Gasteiger partial charge in [-0.05, 0) is 0 Å². The first-order valence-electron chi connectivity index (χ1n) is 2.97. The lowest BCUT2D eigenvalue weighted by atomic mass is 10.5. The van der Waals surface area contributed by atoms with Crippen molar-refractivity contribution < 1.29 is 17.9 Å². The molecule has 0 atom stereocenters. The van der Waals surface area contributed by atoms with Crippen molar-refractivity contribution in [2.75, 3.05) is 12.3 Å². The molecule has 0 saturated carbocycles. The van der Waals surface area contributed by atoms with Crippen molar-refractivity contribution >= 4 is 21.1 Å². The molecule has 6 heteroatoms. The highest BCUT2D eigenvalue weighted by Gasteiger charge is 2.25. The van der Waals surface area contributed by atoms with Crippen LogP contribution >= 0.6 is 11.6 Å². The molecular formula is C5H8ClF3OSi. The number of alkyl halides is 4. The third kappa shape index (κ3) is 10.3. The van der Waals surface area contributed by atoms with Crippen LogP contribution in [0.4, 0.5) is 13.2 Å². The Balaban J connectivity index is 3.02. The lowest BCUT2D eigenvalue weighted by molar-refractivity contribution is -0.130. The van der Waals surface area contributed by atoms with E-state index in [1.54, 1.807) is 0 Å². The molecule has 0 unspecified atom stereocenters. The third-order valence-corrected chi connectivity index (χ3v) is 2.03. The number of rotatable bonds is 5. The van der Waals surface area contributed by atoms with Crippen LogP contribution in [0.2, 0.25) is 6.04 Å². The SMILES string of the molecule is FC(F)(F)CC[Si]COCCl. The lowest BCUT2D eigenvalue weighted by Gasteiger charge is -2.04. The number of ether oxygens (including phenoxy) is 1. The zero-order valence-electron chi connectivity index (χ0n) is 5.75. The van der Waals surface area contributed by atoms with Gasteiger partial charge in [-0.3, -0.25) is 0 Å². The fraction of sp³-hybridized carbons (Fsp3) is 1.00. The van der Waals surface area contributed by atoms with Crippen LogP contribution in [0.25, 0.3) is 0 Å². The third-order valence-electron chi connectivity index (χ3n) is 0.867. The van der Waals surface area contributed by atoms with Gasteiger partial charge in [-0.15, -0.1) is 0 Å². The van der Waals surface area contributed by atoms with Crippen LogP contribution in [0.15, 0.2) is 0 Å². The standard InChI is InChI=1S/C5H8ClF3OSi/c6-3-10-4-11-2-1-5(7,8)9/h1-4H2. The molecule has 0 aromatic rings. The Morgan fingerprint density at radius 3 is 2.45 bits per heavy atom. The highest BCUT2D eigenvalue weighted by molar-refractivity contribution is 6.35. The molecule has 0 spiro atoms. The summed E-state index contributed by atoms with van der Waals surface area (Å²) in [5, 5.41) is 0. The van der Waals surface area contributed by atoms with Crippen LogP contribution < -0.4 is 0 Å². The molecule has 0 bridgehead atoms. The molecule has 0 saturated heterocycles. The number of hydrogen-bond donors (Lipinski definition) is 0. The maximum atomic E-state index is 11.5. The van der Waals surface area contributed by atoms with Gasteiger partial charge in [0.1, 0.15) is 6.07 Å². The van der Waals surface area contributed by atoms with E-state index in [0.29, 0.717) is 6.23 Å². The smallest absolute Gasteiger partial charge is 0.370 e. The molecule has 0 rings (SSSR count). The maximum absolute atomic E-state index is 11.5. The van der Waals surface area contributed by atoms with E-state index in [4.69, 9.17) is 11.6 Å². The molecule has 0 aliphatic heterocycles. The molecule has 66 valence electrons. The molecule has 11 heavy (non-hydrogen) atoms. The molecule has 0 aliphatic carbocycles. The van der Waals surface area contributed by atoms with Crippen molar-refractivity contribution in [1.29, 1.82) is 0 Å². The summed E-state index contributed by atoms with van der Waals surface area (Å²) in [6, 6.07) is 0.194. The predicted molar refractivity (Wildman–Crippen MR) is 37.9 cm³/mol. The topological polar surface area (TPSA) is 9.23 Å². The lowest BCUT2D eigenvalue weighted by Crippen LogP contribution is -2.10. The van der Waals surface area contributed by atoms with E-state index in [1.807, 2.05) is 0 Å². The molecular weight excluding hydrogens is 197 g/mol. The van der Waals surface area contributed by atoms with Gasteiger partial charge in [-0.1, -0.05) is 17.6 Å². The second-order valence-corrected chi connectivity index (χ2v) is 3.33. The molecule has 1 nitrogen and oxygen atoms in total.